The van der Waals surface area contributed by atoms with Crippen LogP contribution in [0.1, 0.15) is 32.4 Å². The zero-order valence-electron chi connectivity index (χ0n) is 10.4. The first-order valence-corrected chi connectivity index (χ1v) is 6.39. The van der Waals surface area contributed by atoms with Crippen LogP contribution >= 0.6 is 23.2 Å². The van der Waals surface area contributed by atoms with Gasteiger partial charge in [-0.3, -0.25) is 0 Å². The van der Waals surface area contributed by atoms with Crippen LogP contribution in [0.3, 0.4) is 0 Å². The molecule has 1 aromatic rings. The molecule has 2 N–H and O–H groups in total. The summed E-state index contributed by atoms with van der Waals surface area (Å²) in [4.78, 5) is 0. The van der Waals surface area contributed by atoms with E-state index in [1.807, 2.05) is 0 Å². The molecule has 0 fully saturated rings. The second kappa shape index (κ2) is 6.05. The Morgan fingerprint density at radius 1 is 1.29 bits per heavy atom. The highest BCUT2D eigenvalue weighted by Gasteiger charge is 2.14. The predicted octanol–water partition coefficient (Wildman–Crippen LogP) is 3.66. The highest BCUT2D eigenvalue weighted by molar-refractivity contribution is 6.33. The smallest absolute Gasteiger partial charge is 0.0929 e. The van der Waals surface area contributed by atoms with E-state index in [1.165, 1.54) is 0 Å². The first-order chi connectivity index (χ1) is 7.79. The summed E-state index contributed by atoms with van der Waals surface area (Å²) >= 11 is 11.9. The van der Waals surface area contributed by atoms with Crippen LogP contribution in [0.2, 0.25) is 10.0 Å². The quantitative estimate of drug-likeness (QED) is 0.879. The second-order valence-electron chi connectivity index (χ2n) is 5.37. The van der Waals surface area contributed by atoms with Crippen LogP contribution in [-0.2, 0) is 0 Å². The molecule has 1 rings (SSSR count). The summed E-state index contributed by atoms with van der Waals surface area (Å²) in [5.41, 5.74) is 0.860. The molecule has 0 radical (unpaired) electrons. The van der Waals surface area contributed by atoms with E-state index in [4.69, 9.17) is 23.2 Å². The molecular weight excluding hydrogens is 257 g/mol. The molecule has 17 heavy (non-hydrogen) atoms. The Morgan fingerprint density at radius 3 is 2.53 bits per heavy atom. The maximum atomic E-state index is 10.0. The fraction of sp³-hybridized carbons (Fsp3) is 0.538. The van der Waals surface area contributed by atoms with Crippen molar-refractivity contribution in [1.82, 2.24) is 5.32 Å². The Kier molecular flexibility index (Phi) is 5.26. The molecule has 0 aliphatic carbocycles. The number of benzene rings is 1. The van der Waals surface area contributed by atoms with Crippen LogP contribution in [0.15, 0.2) is 18.2 Å². The lowest BCUT2D eigenvalue weighted by molar-refractivity contribution is 0.170. The molecule has 1 atom stereocenters. The fourth-order valence-corrected chi connectivity index (χ4v) is 1.89. The molecule has 0 spiro atoms. The summed E-state index contributed by atoms with van der Waals surface area (Å²) in [5.74, 6) is 0. The summed E-state index contributed by atoms with van der Waals surface area (Å²) in [6, 6.07) is 5.11. The topological polar surface area (TPSA) is 32.3 Å². The average Bonchev–Trinajstić information content (AvgIpc) is 2.19. The minimum atomic E-state index is -0.636. The van der Waals surface area contributed by atoms with Crippen molar-refractivity contribution in [2.75, 3.05) is 13.1 Å². The normalized spacial score (nSPS) is 13.8. The lowest BCUT2D eigenvalue weighted by Gasteiger charge is -2.21. The molecule has 2 nitrogen and oxygen atoms in total. The van der Waals surface area contributed by atoms with E-state index in [2.05, 4.69) is 26.1 Å². The maximum absolute atomic E-state index is 10.0. The number of halogens is 2. The van der Waals surface area contributed by atoms with Gasteiger partial charge in [0.15, 0.2) is 0 Å². The summed E-state index contributed by atoms with van der Waals surface area (Å²) in [6.07, 6.45) is -0.636. The van der Waals surface area contributed by atoms with Crippen LogP contribution in [-0.4, -0.2) is 18.2 Å². The van der Waals surface area contributed by atoms with Crippen molar-refractivity contribution in [3.63, 3.8) is 0 Å². The van der Waals surface area contributed by atoms with E-state index in [9.17, 15) is 5.11 Å². The number of nitrogens with one attached hydrogen (secondary N) is 1. The minimum absolute atomic E-state index is 0.192. The highest BCUT2D eigenvalue weighted by atomic mass is 35.5. The van der Waals surface area contributed by atoms with Gasteiger partial charge in [0.05, 0.1) is 6.10 Å². The van der Waals surface area contributed by atoms with Crippen LogP contribution in [0.25, 0.3) is 0 Å². The second-order valence-corrected chi connectivity index (χ2v) is 6.22. The van der Waals surface area contributed by atoms with Crippen molar-refractivity contribution >= 4 is 23.2 Å². The molecule has 4 heteroatoms. The van der Waals surface area contributed by atoms with Crippen molar-refractivity contribution in [1.29, 1.82) is 0 Å². The van der Waals surface area contributed by atoms with Crippen LogP contribution < -0.4 is 5.32 Å². The molecular formula is C13H19Cl2NO. The Bertz CT molecular complexity index is 374. The van der Waals surface area contributed by atoms with Crippen LogP contribution in [0.4, 0.5) is 0 Å². The van der Waals surface area contributed by atoms with Gasteiger partial charge in [-0.2, -0.15) is 0 Å². The molecule has 1 unspecified atom stereocenters. The summed E-state index contributed by atoms with van der Waals surface area (Å²) in [5, 5.41) is 14.4. The van der Waals surface area contributed by atoms with E-state index < -0.39 is 6.10 Å². The third-order valence-corrected chi connectivity index (χ3v) is 2.89. The van der Waals surface area contributed by atoms with Crippen LogP contribution in [0, 0.1) is 5.41 Å². The Morgan fingerprint density at radius 2 is 1.94 bits per heavy atom. The molecule has 0 saturated heterocycles. The molecule has 0 aromatic heterocycles. The highest BCUT2D eigenvalue weighted by Crippen LogP contribution is 2.26. The van der Waals surface area contributed by atoms with E-state index in [0.29, 0.717) is 22.2 Å². The van der Waals surface area contributed by atoms with Gasteiger partial charge >= 0.3 is 0 Å². The number of rotatable bonds is 4. The fourth-order valence-electron chi connectivity index (χ4n) is 1.46. The van der Waals surface area contributed by atoms with Gasteiger partial charge in [0.25, 0.3) is 0 Å². The number of hydrogen-bond acceptors (Lipinski definition) is 2. The van der Waals surface area contributed by atoms with Gasteiger partial charge in [0, 0.05) is 28.7 Å². The largest absolute Gasteiger partial charge is 0.387 e. The van der Waals surface area contributed by atoms with Gasteiger partial charge in [-0.15, -0.1) is 0 Å². The van der Waals surface area contributed by atoms with Gasteiger partial charge < -0.3 is 10.4 Å². The Hall–Kier alpha value is -0.280. The summed E-state index contributed by atoms with van der Waals surface area (Å²) < 4.78 is 0. The molecule has 0 bridgehead atoms. The van der Waals surface area contributed by atoms with Crippen molar-refractivity contribution < 1.29 is 5.11 Å². The molecule has 0 saturated carbocycles. The van der Waals surface area contributed by atoms with Gasteiger partial charge in [0.1, 0.15) is 0 Å². The third kappa shape index (κ3) is 5.26. The number of aliphatic hydroxyl groups is 1. The Balaban J connectivity index is 2.58. The number of hydrogen-bond donors (Lipinski definition) is 2. The number of aliphatic hydroxyl groups excluding tert-OH is 1. The molecule has 0 amide bonds. The minimum Gasteiger partial charge on any atom is -0.387 e. The van der Waals surface area contributed by atoms with Gasteiger partial charge in [-0.05, 0) is 23.6 Å². The SMILES string of the molecule is CC(C)(C)CNCC(O)c1cc(Cl)ccc1Cl. The maximum Gasteiger partial charge on any atom is 0.0929 e. The zero-order chi connectivity index (χ0) is 13.1. The van der Waals surface area contributed by atoms with Crippen molar-refractivity contribution in [2.45, 2.75) is 26.9 Å². The third-order valence-electron chi connectivity index (χ3n) is 2.31. The van der Waals surface area contributed by atoms with Crippen LogP contribution in [0.5, 0.6) is 0 Å². The Labute approximate surface area is 113 Å². The molecule has 0 aliphatic rings. The monoisotopic (exact) mass is 275 g/mol. The lowest BCUT2D eigenvalue weighted by Crippen LogP contribution is -2.30. The average molecular weight is 276 g/mol. The first kappa shape index (κ1) is 14.8. The van der Waals surface area contributed by atoms with E-state index in [0.717, 1.165) is 6.54 Å². The van der Waals surface area contributed by atoms with Gasteiger partial charge in [-0.25, -0.2) is 0 Å². The van der Waals surface area contributed by atoms with Crippen molar-refractivity contribution in [3.8, 4) is 0 Å². The predicted molar refractivity (Wildman–Crippen MR) is 73.7 cm³/mol. The van der Waals surface area contributed by atoms with E-state index in [1.54, 1.807) is 18.2 Å². The van der Waals surface area contributed by atoms with Gasteiger partial charge in [-0.1, -0.05) is 44.0 Å². The summed E-state index contributed by atoms with van der Waals surface area (Å²) in [6.45, 7) is 7.72. The molecule has 0 heterocycles. The van der Waals surface area contributed by atoms with Crippen molar-refractivity contribution in [3.05, 3.63) is 33.8 Å². The van der Waals surface area contributed by atoms with E-state index in [-0.39, 0.29) is 5.41 Å². The molecule has 96 valence electrons. The zero-order valence-corrected chi connectivity index (χ0v) is 11.9. The molecule has 1 aromatic carbocycles. The summed E-state index contributed by atoms with van der Waals surface area (Å²) in [7, 11) is 0. The van der Waals surface area contributed by atoms with E-state index >= 15 is 0 Å². The standard InChI is InChI=1S/C13H19Cl2NO/c1-13(2,3)8-16-7-12(17)10-6-9(14)4-5-11(10)15/h4-6,12,16-17H,7-8H2,1-3H3. The molecule has 0 aliphatic heterocycles. The first-order valence-electron chi connectivity index (χ1n) is 5.63. The van der Waals surface area contributed by atoms with Gasteiger partial charge in [0.2, 0.25) is 0 Å². The lowest BCUT2D eigenvalue weighted by atomic mass is 9.97. The van der Waals surface area contributed by atoms with Crippen molar-refractivity contribution in [2.24, 2.45) is 5.41 Å².